The molecular weight excluding hydrogens is 481 g/mol. The van der Waals surface area contributed by atoms with Crippen LogP contribution in [0.3, 0.4) is 0 Å². The molecule has 2 N–H and O–H groups in total. The average Bonchev–Trinajstić information content (AvgIpc) is 3.27. The van der Waals surface area contributed by atoms with Gasteiger partial charge < -0.3 is 15.2 Å². The fourth-order valence-corrected chi connectivity index (χ4v) is 6.20. The highest BCUT2D eigenvalue weighted by atomic mass is 32.2. The summed E-state index contributed by atoms with van der Waals surface area (Å²) in [5, 5.41) is 15.0. The summed E-state index contributed by atoms with van der Waals surface area (Å²) in [6, 6.07) is 9.78. The van der Waals surface area contributed by atoms with E-state index in [0.717, 1.165) is 23.4 Å². The lowest BCUT2D eigenvalue weighted by Gasteiger charge is -2.42. The van der Waals surface area contributed by atoms with Gasteiger partial charge in [0.2, 0.25) is 10.0 Å². The Morgan fingerprint density at radius 3 is 2.56 bits per heavy atom. The van der Waals surface area contributed by atoms with Gasteiger partial charge in [-0.2, -0.15) is 4.31 Å². The number of aromatic nitrogens is 1. The lowest BCUT2D eigenvalue weighted by Crippen LogP contribution is -2.51. The lowest BCUT2D eigenvalue weighted by molar-refractivity contribution is 0.105. The number of halogens is 1. The van der Waals surface area contributed by atoms with Crippen molar-refractivity contribution in [1.29, 1.82) is 5.41 Å². The molecule has 1 fully saturated rings. The Hall–Kier alpha value is -3.08. The van der Waals surface area contributed by atoms with Crippen molar-refractivity contribution in [2.75, 3.05) is 31.5 Å². The number of nitrogens with zero attached hydrogens (tertiary/aromatic N) is 3. The highest BCUT2D eigenvalue weighted by Gasteiger charge is 2.37. The van der Waals surface area contributed by atoms with E-state index in [0.29, 0.717) is 36.0 Å². The second-order valence-corrected chi connectivity index (χ2v) is 11.5. The first-order valence-corrected chi connectivity index (χ1v) is 13.4. The smallest absolute Gasteiger partial charge is 0.248 e. The highest BCUT2D eigenvalue weighted by Crippen LogP contribution is 2.34. The van der Waals surface area contributed by atoms with Gasteiger partial charge in [0.15, 0.2) is 0 Å². The van der Waals surface area contributed by atoms with E-state index in [9.17, 15) is 12.8 Å². The van der Waals surface area contributed by atoms with Gasteiger partial charge in [0, 0.05) is 55.4 Å². The van der Waals surface area contributed by atoms with Gasteiger partial charge in [-0.15, -0.1) is 0 Å². The summed E-state index contributed by atoms with van der Waals surface area (Å²) in [4.78, 5) is 2.41. The number of hydrogen-bond acceptors (Lipinski definition) is 7. The van der Waals surface area contributed by atoms with E-state index in [1.165, 1.54) is 28.9 Å². The first kappa shape index (κ1) is 26.0. The van der Waals surface area contributed by atoms with E-state index in [4.69, 9.17) is 9.93 Å². The van der Waals surface area contributed by atoms with E-state index >= 15 is 0 Å². The van der Waals surface area contributed by atoms with Gasteiger partial charge in [-0.3, -0.25) is 4.90 Å². The molecule has 0 spiro atoms. The third-order valence-corrected chi connectivity index (χ3v) is 8.41. The number of rotatable bonds is 8. The number of piperazine rings is 1. The monoisotopic (exact) mass is 513 g/mol. The number of benzene rings is 2. The number of sulfonamides is 1. The van der Waals surface area contributed by atoms with Crippen LogP contribution in [0.4, 0.5) is 15.8 Å². The molecular formula is C26H32FN5O3S. The van der Waals surface area contributed by atoms with Gasteiger partial charge in [-0.05, 0) is 67.3 Å². The molecule has 2 aromatic carbocycles. The molecule has 36 heavy (non-hydrogen) atoms. The molecule has 1 atom stereocenters. The van der Waals surface area contributed by atoms with Gasteiger partial charge in [0.1, 0.15) is 22.7 Å². The zero-order valence-corrected chi connectivity index (χ0v) is 21.8. The Labute approximate surface area is 211 Å². The van der Waals surface area contributed by atoms with Crippen molar-refractivity contribution in [1.82, 2.24) is 14.4 Å². The van der Waals surface area contributed by atoms with Gasteiger partial charge in [0.25, 0.3) is 0 Å². The summed E-state index contributed by atoms with van der Waals surface area (Å²) in [6.07, 6.45) is 2.47. The first-order chi connectivity index (χ1) is 17.1. The van der Waals surface area contributed by atoms with Crippen LogP contribution < -0.4 is 5.32 Å². The lowest BCUT2D eigenvalue weighted by atomic mass is 9.94. The van der Waals surface area contributed by atoms with Gasteiger partial charge in [0.05, 0.1) is 0 Å². The Bertz CT molecular complexity index is 1340. The van der Waals surface area contributed by atoms with E-state index in [1.807, 2.05) is 19.1 Å². The maximum atomic E-state index is 13.4. The second kappa shape index (κ2) is 10.5. The minimum absolute atomic E-state index is 0.0920. The molecule has 1 aliphatic heterocycles. The van der Waals surface area contributed by atoms with Crippen LogP contribution in [0.2, 0.25) is 0 Å². The molecule has 1 saturated heterocycles. The van der Waals surface area contributed by atoms with E-state index in [1.54, 1.807) is 19.1 Å². The molecule has 0 aliphatic carbocycles. The molecule has 0 radical (unpaired) electrons. The van der Waals surface area contributed by atoms with Crippen LogP contribution in [0.15, 0.2) is 52.1 Å². The molecule has 1 aliphatic rings. The molecule has 3 aromatic rings. The zero-order valence-electron chi connectivity index (χ0n) is 21.0. The Morgan fingerprint density at radius 2 is 1.94 bits per heavy atom. The molecule has 10 heteroatoms. The van der Waals surface area contributed by atoms with Gasteiger partial charge in [-0.25, -0.2) is 12.8 Å². The molecule has 1 aromatic heterocycles. The average molecular weight is 514 g/mol. The third-order valence-electron chi connectivity index (χ3n) is 6.45. The Kier molecular flexibility index (Phi) is 7.58. The molecule has 192 valence electrons. The van der Waals surface area contributed by atoms with Crippen LogP contribution in [0.1, 0.15) is 42.3 Å². The number of nitrogens with one attached hydrogen (secondary N) is 2. The van der Waals surface area contributed by atoms with Crippen molar-refractivity contribution in [2.24, 2.45) is 5.92 Å². The van der Waals surface area contributed by atoms with Crippen LogP contribution in [-0.2, 0) is 10.0 Å². The number of aryl methyl sites for hydroxylation is 2. The Balaban J connectivity index is 1.70. The molecule has 0 saturated carbocycles. The zero-order chi connectivity index (χ0) is 26.0. The topological polar surface area (TPSA) is 103 Å². The summed E-state index contributed by atoms with van der Waals surface area (Å²) in [5.41, 5.74) is 4.40. The summed E-state index contributed by atoms with van der Waals surface area (Å²) < 4.78 is 46.5. The van der Waals surface area contributed by atoms with Crippen molar-refractivity contribution < 1.29 is 17.3 Å². The maximum Gasteiger partial charge on any atom is 0.248 e. The fraction of sp³-hybridized carbons (Fsp3) is 0.385. The molecule has 2 heterocycles. The minimum Gasteiger partial charge on any atom is -0.363 e. The normalized spacial score (nSPS) is 17.4. The van der Waals surface area contributed by atoms with Crippen LogP contribution in [0.5, 0.6) is 0 Å². The van der Waals surface area contributed by atoms with Crippen molar-refractivity contribution in [3.05, 3.63) is 70.9 Å². The van der Waals surface area contributed by atoms with E-state index < -0.39 is 10.0 Å². The summed E-state index contributed by atoms with van der Waals surface area (Å²) in [7, 11) is -3.76. The molecule has 8 nitrogen and oxygen atoms in total. The predicted molar refractivity (Wildman–Crippen MR) is 138 cm³/mol. The SMILES string of the molecule is Cc1cc(Nc2ccc(F)cc2)c(C=N)cc1[C@H]1CN(S(=O)(=O)c2conc2C)CCN1CC(C)C. The highest BCUT2D eigenvalue weighted by molar-refractivity contribution is 7.89. The number of hydrogen-bond donors (Lipinski definition) is 2. The molecule has 0 bridgehead atoms. The summed E-state index contributed by atoms with van der Waals surface area (Å²) in [6.45, 7) is 9.96. The molecule has 0 amide bonds. The standard InChI is InChI=1S/C26H32FN5O3S/c1-17(2)14-31-9-10-32(36(33,34)26-16-35-30-19(26)4)15-25(31)23-12-20(13-28)24(11-18(23)3)29-22-7-5-21(27)6-8-22/h5-8,11-13,16-17,25,28-29H,9-10,14-15H2,1-4H3/t25-/m1/s1. The van der Waals surface area contributed by atoms with Crippen molar-refractivity contribution >= 4 is 27.6 Å². The van der Waals surface area contributed by atoms with E-state index in [-0.39, 0.29) is 23.3 Å². The van der Waals surface area contributed by atoms with Crippen molar-refractivity contribution in [3.8, 4) is 0 Å². The Morgan fingerprint density at radius 1 is 1.22 bits per heavy atom. The van der Waals surface area contributed by atoms with Crippen molar-refractivity contribution in [3.63, 3.8) is 0 Å². The predicted octanol–water partition coefficient (Wildman–Crippen LogP) is 4.88. The van der Waals surface area contributed by atoms with Crippen molar-refractivity contribution in [2.45, 2.75) is 38.6 Å². The third kappa shape index (κ3) is 5.35. The number of anilines is 2. The second-order valence-electron chi connectivity index (χ2n) is 9.60. The van der Waals surface area contributed by atoms with Crippen LogP contribution in [-0.4, -0.2) is 55.2 Å². The largest absolute Gasteiger partial charge is 0.363 e. The molecule has 0 unspecified atom stereocenters. The maximum absolute atomic E-state index is 13.4. The van der Waals surface area contributed by atoms with Crippen LogP contribution in [0.25, 0.3) is 0 Å². The van der Waals surface area contributed by atoms with Crippen LogP contribution >= 0.6 is 0 Å². The van der Waals surface area contributed by atoms with Crippen LogP contribution in [0, 0.1) is 31.0 Å². The fourth-order valence-electron chi connectivity index (χ4n) is 4.68. The summed E-state index contributed by atoms with van der Waals surface area (Å²) in [5.74, 6) is 0.0840. The summed E-state index contributed by atoms with van der Waals surface area (Å²) >= 11 is 0. The van der Waals surface area contributed by atoms with Gasteiger partial charge >= 0.3 is 0 Å². The minimum atomic E-state index is -3.76. The van der Waals surface area contributed by atoms with E-state index in [2.05, 4.69) is 29.2 Å². The molecule has 4 rings (SSSR count). The first-order valence-electron chi connectivity index (χ1n) is 11.9. The van der Waals surface area contributed by atoms with Gasteiger partial charge in [-0.1, -0.05) is 19.0 Å². The quantitative estimate of drug-likeness (QED) is 0.417.